The Morgan fingerprint density at radius 3 is 2.27 bits per heavy atom. The summed E-state index contributed by atoms with van der Waals surface area (Å²) in [5.74, 6) is -2.88. The molecule has 1 aliphatic rings. The van der Waals surface area contributed by atoms with E-state index in [0.717, 1.165) is 0 Å². The molecule has 0 saturated carbocycles. The van der Waals surface area contributed by atoms with Gasteiger partial charge in [0, 0.05) is 17.6 Å². The second-order valence-electron chi connectivity index (χ2n) is 11.4. The minimum atomic E-state index is -4.60. The number of hydrogen-bond acceptors (Lipinski definition) is 7. The molecule has 1 saturated heterocycles. The minimum Gasteiger partial charge on any atom is -0.497 e. The summed E-state index contributed by atoms with van der Waals surface area (Å²) < 4.78 is 50.1. The van der Waals surface area contributed by atoms with Gasteiger partial charge in [-0.05, 0) is 53.4 Å². The average molecular weight is 690 g/mol. The summed E-state index contributed by atoms with van der Waals surface area (Å²) in [5.41, 5.74) is 0.961. The fourth-order valence-electron chi connectivity index (χ4n) is 4.98. The maximum atomic E-state index is 13.9. The van der Waals surface area contributed by atoms with Crippen LogP contribution in [-0.4, -0.2) is 72.7 Å². The number of epoxide rings is 1. The van der Waals surface area contributed by atoms with Crippen LogP contribution in [0.25, 0.3) is 0 Å². The number of nitrogens with zero attached hydrogens (tertiary/aromatic N) is 1. The molecule has 4 rings (SSSR count). The van der Waals surface area contributed by atoms with Gasteiger partial charge >= 0.3 is 6.18 Å². The number of aromatic nitrogens is 1. The molecular weight excluding hydrogens is 655 g/mol. The highest BCUT2D eigenvalue weighted by molar-refractivity contribution is 6.30. The zero-order valence-electron chi connectivity index (χ0n) is 26.2. The van der Waals surface area contributed by atoms with Gasteiger partial charge in [-0.25, -0.2) is 0 Å². The summed E-state index contributed by atoms with van der Waals surface area (Å²) in [6.45, 7) is 2.80. The fourth-order valence-corrected chi connectivity index (χ4v) is 5.19. The second kappa shape index (κ2) is 15.9. The topological polar surface area (TPSA) is 151 Å². The van der Waals surface area contributed by atoms with Crippen LogP contribution in [0.5, 0.6) is 5.75 Å². The Balaban J connectivity index is 1.56. The van der Waals surface area contributed by atoms with Crippen LogP contribution in [0.2, 0.25) is 5.02 Å². The van der Waals surface area contributed by atoms with E-state index in [0.29, 0.717) is 21.9 Å². The molecule has 1 aliphatic heterocycles. The number of carbonyl (C=O) groups excluding carboxylic acids is 4. The highest BCUT2D eigenvalue weighted by Gasteiger charge is 2.61. The highest BCUT2D eigenvalue weighted by Crippen LogP contribution is 2.41. The first-order chi connectivity index (χ1) is 22.8. The molecule has 4 amide bonds. The van der Waals surface area contributed by atoms with Gasteiger partial charge in [-0.2, -0.15) is 13.2 Å². The quantitative estimate of drug-likeness (QED) is 0.189. The van der Waals surface area contributed by atoms with Gasteiger partial charge in [-0.1, -0.05) is 55.8 Å². The summed E-state index contributed by atoms with van der Waals surface area (Å²) in [6, 6.07) is 13.8. The van der Waals surface area contributed by atoms with E-state index in [1.807, 2.05) is 0 Å². The predicted molar refractivity (Wildman–Crippen MR) is 169 cm³/mol. The van der Waals surface area contributed by atoms with Gasteiger partial charge < -0.3 is 30.7 Å². The lowest BCUT2D eigenvalue weighted by Gasteiger charge is -2.27. The molecule has 0 bridgehead atoms. The second-order valence-corrected chi connectivity index (χ2v) is 11.8. The van der Waals surface area contributed by atoms with Crippen molar-refractivity contribution < 1.29 is 41.8 Å². The number of carbonyl (C=O) groups is 4. The Kier molecular flexibility index (Phi) is 12.0. The molecule has 15 heteroatoms. The molecule has 1 aromatic heterocycles. The number of pyridine rings is 1. The molecule has 0 spiro atoms. The molecule has 4 N–H and O–H groups in total. The van der Waals surface area contributed by atoms with Crippen molar-refractivity contribution in [1.29, 1.82) is 0 Å². The Labute approximate surface area is 279 Å². The van der Waals surface area contributed by atoms with E-state index in [4.69, 9.17) is 21.1 Å². The first-order valence-corrected chi connectivity index (χ1v) is 15.3. The van der Waals surface area contributed by atoms with E-state index < -0.39 is 72.6 Å². The Morgan fingerprint density at radius 2 is 1.69 bits per heavy atom. The van der Waals surface area contributed by atoms with Crippen molar-refractivity contribution >= 4 is 35.2 Å². The molecule has 2 aromatic carbocycles. The van der Waals surface area contributed by atoms with Gasteiger partial charge in [-0.15, -0.1) is 0 Å². The zero-order chi connectivity index (χ0) is 35.0. The van der Waals surface area contributed by atoms with Crippen molar-refractivity contribution in [2.45, 2.75) is 56.8 Å². The predicted octanol–water partition coefficient (Wildman–Crippen LogP) is 3.53. The van der Waals surface area contributed by atoms with Gasteiger partial charge in [0.05, 0.1) is 19.7 Å². The van der Waals surface area contributed by atoms with Crippen LogP contribution in [0.3, 0.4) is 0 Å². The molecule has 48 heavy (non-hydrogen) atoms. The first-order valence-electron chi connectivity index (χ1n) is 15.0. The highest BCUT2D eigenvalue weighted by atomic mass is 35.5. The van der Waals surface area contributed by atoms with Crippen molar-refractivity contribution in [3.8, 4) is 5.75 Å². The first kappa shape index (κ1) is 36.2. The van der Waals surface area contributed by atoms with Crippen molar-refractivity contribution in [3.05, 3.63) is 94.8 Å². The van der Waals surface area contributed by atoms with Crippen LogP contribution >= 0.6 is 11.6 Å². The minimum absolute atomic E-state index is 0.0545. The summed E-state index contributed by atoms with van der Waals surface area (Å²) in [4.78, 5) is 56.9. The summed E-state index contributed by atoms with van der Waals surface area (Å²) >= 11 is 6.14. The van der Waals surface area contributed by atoms with Gasteiger partial charge in [0.25, 0.3) is 5.91 Å². The van der Waals surface area contributed by atoms with Crippen molar-refractivity contribution in [2.75, 3.05) is 13.7 Å². The molecule has 0 radical (unpaired) electrons. The lowest BCUT2D eigenvalue weighted by Crippen LogP contribution is -2.54. The SMILES string of the molecule is COc1ccc([C@H](NC(=O)[C@H](Cc2cccc(Cl)c2)NC(=O)CNC(=O)c2ccccn2)C(=O)N[C@@H](C(C)C)C2OC2C(F)(F)F)cc1. The maximum absolute atomic E-state index is 13.9. The van der Waals surface area contributed by atoms with Crippen molar-refractivity contribution in [1.82, 2.24) is 26.3 Å². The number of alkyl halides is 3. The van der Waals surface area contributed by atoms with Crippen LogP contribution < -0.4 is 26.0 Å². The molecule has 256 valence electrons. The van der Waals surface area contributed by atoms with E-state index in [-0.39, 0.29) is 12.1 Å². The number of hydrogen-bond donors (Lipinski definition) is 4. The molecule has 2 heterocycles. The molecule has 0 aliphatic carbocycles. The molecule has 3 aromatic rings. The van der Waals surface area contributed by atoms with Gasteiger partial charge in [0.15, 0.2) is 6.10 Å². The third-order valence-electron chi connectivity index (χ3n) is 7.51. The number of amides is 4. The molecule has 2 unspecified atom stereocenters. The van der Waals surface area contributed by atoms with Crippen LogP contribution in [0.15, 0.2) is 72.9 Å². The monoisotopic (exact) mass is 689 g/mol. The van der Waals surface area contributed by atoms with E-state index in [2.05, 4.69) is 26.3 Å². The summed E-state index contributed by atoms with van der Waals surface area (Å²) in [6.07, 6.45) is -6.55. The average Bonchev–Trinajstić information content (AvgIpc) is 3.86. The lowest BCUT2D eigenvalue weighted by atomic mass is 9.97. The van der Waals surface area contributed by atoms with E-state index in [9.17, 15) is 32.3 Å². The standard InChI is InChI=1S/C33H35ClF3N5O6/c1-18(2)26(28-29(48-28)33(35,36)37)41-32(46)27(20-10-12-22(47-3)13-11-20)42-31(45)24(16-19-7-6-8-21(34)15-19)40-25(43)17-39-30(44)23-9-4-5-14-38-23/h4-15,18,24,26-29H,16-17H2,1-3H3,(H,39,44)(H,40,43)(H,41,46)(H,42,45)/t24-,26-,27-,28?,29?/m0/s1. The van der Waals surface area contributed by atoms with Gasteiger partial charge in [-0.3, -0.25) is 24.2 Å². The van der Waals surface area contributed by atoms with Crippen LogP contribution in [0, 0.1) is 5.92 Å². The smallest absolute Gasteiger partial charge is 0.417 e. The van der Waals surface area contributed by atoms with Crippen LogP contribution in [0.4, 0.5) is 13.2 Å². The van der Waals surface area contributed by atoms with Crippen LogP contribution in [0.1, 0.15) is 41.5 Å². The zero-order valence-corrected chi connectivity index (χ0v) is 27.0. The van der Waals surface area contributed by atoms with Crippen molar-refractivity contribution in [3.63, 3.8) is 0 Å². The number of ether oxygens (including phenoxy) is 2. The van der Waals surface area contributed by atoms with Crippen LogP contribution in [-0.2, 0) is 25.5 Å². The van der Waals surface area contributed by atoms with Gasteiger partial charge in [0.1, 0.15) is 29.6 Å². The fraction of sp³-hybridized carbons (Fsp3) is 0.364. The summed E-state index contributed by atoms with van der Waals surface area (Å²) in [5, 5.41) is 10.7. The number of halogens is 4. The largest absolute Gasteiger partial charge is 0.497 e. The molecular formula is C33H35ClF3N5O6. The van der Waals surface area contributed by atoms with E-state index in [1.165, 1.54) is 31.5 Å². The number of rotatable bonds is 14. The van der Waals surface area contributed by atoms with Crippen molar-refractivity contribution in [2.24, 2.45) is 5.92 Å². The van der Waals surface area contributed by atoms with E-state index >= 15 is 0 Å². The summed E-state index contributed by atoms with van der Waals surface area (Å²) in [7, 11) is 1.45. The Hall–Kier alpha value is -4.69. The number of benzene rings is 2. The molecule has 11 nitrogen and oxygen atoms in total. The third kappa shape index (κ3) is 9.91. The molecule has 1 fully saturated rings. The maximum Gasteiger partial charge on any atom is 0.417 e. The third-order valence-corrected chi connectivity index (χ3v) is 7.75. The number of methoxy groups -OCH3 is 1. The Bertz CT molecular complexity index is 1590. The number of nitrogens with one attached hydrogen (secondary N) is 4. The normalized spacial score (nSPS) is 17.4. The lowest BCUT2D eigenvalue weighted by molar-refractivity contribution is -0.146. The van der Waals surface area contributed by atoms with Gasteiger partial charge in [0.2, 0.25) is 17.7 Å². The molecule has 5 atom stereocenters. The van der Waals surface area contributed by atoms with E-state index in [1.54, 1.807) is 62.4 Å². The Morgan fingerprint density at radius 1 is 0.958 bits per heavy atom.